The summed E-state index contributed by atoms with van der Waals surface area (Å²) in [5.41, 5.74) is 3.75. The first kappa shape index (κ1) is 27.4. The van der Waals surface area contributed by atoms with E-state index in [2.05, 4.69) is 20.2 Å². The molecule has 1 aromatic carbocycles. The van der Waals surface area contributed by atoms with Gasteiger partial charge in [0.15, 0.2) is 5.82 Å². The zero-order valence-corrected chi connectivity index (χ0v) is 23.7. The molecule has 0 aliphatic carbocycles. The molecule has 1 amide bonds. The van der Waals surface area contributed by atoms with Crippen LogP contribution in [0.15, 0.2) is 36.7 Å². The number of ether oxygens (including phenoxy) is 1. The molecule has 1 N–H and O–H groups in total. The normalized spacial score (nSPS) is 15.8. The van der Waals surface area contributed by atoms with Gasteiger partial charge in [0.05, 0.1) is 25.9 Å². The molecule has 12 heteroatoms. The number of aryl methyl sites for hydroxylation is 1. The number of amides is 1. The van der Waals surface area contributed by atoms with Gasteiger partial charge in [-0.25, -0.2) is 10.0 Å². The van der Waals surface area contributed by atoms with Crippen LogP contribution in [0.4, 0.5) is 17.5 Å². The van der Waals surface area contributed by atoms with Crippen molar-refractivity contribution in [2.45, 2.75) is 0 Å². The largest absolute Gasteiger partial charge is 0.383 e. The Morgan fingerprint density at radius 3 is 2.56 bits per heavy atom. The van der Waals surface area contributed by atoms with E-state index in [4.69, 9.17) is 32.8 Å². The molecule has 0 radical (unpaired) electrons. The van der Waals surface area contributed by atoms with Crippen LogP contribution < -0.4 is 10.4 Å². The minimum atomic E-state index is 0.00441. The highest BCUT2D eigenvalue weighted by atomic mass is 35.5. The van der Waals surface area contributed by atoms with Crippen molar-refractivity contribution < 1.29 is 14.4 Å². The quantitative estimate of drug-likeness (QED) is 0.430. The van der Waals surface area contributed by atoms with E-state index in [1.54, 1.807) is 25.5 Å². The number of rotatable bonds is 8. The van der Waals surface area contributed by atoms with Crippen molar-refractivity contribution in [1.29, 1.82) is 0 Å². The number of piperazine rings is 1. The number of benzene rings is 1. The lowest BCUT2D eigenvalue weighted by atomic mass is 10.0. The van der Waals surface area contributed by atoms with Gasteiger partial charge in [-0.05, 0) is 29.8 Å². The summed E-state index contributed by atoms with van der Waals surface area (Å²) in [6.45, 7) is 5.03. The number of nitrogens with zero attached hydrogens (tertiary/aromatic N) is 6. The van der Waals surface area contributed by atoms with Gasteiger partial charge in [0.25, 0.3) is 5.91 Å². The van der Waals surface area contributed by atoms with Gasteiger partial charge >= 0.3 is 0 Å². The minimum Gasteiger partial charge on any atom is -0.383 e. The Morgan fingerprint density at radius 2 is 1.87 bits per heavy atom. The third kappa shape index (κ3) is 5.90. The van der Waals surface area contributed by atoms with Crippen molar-refractivity contribution in [3.8, 4) is 0 Å². The molecule has 1 saturated heterocycles. The second-order valence-electron chi connectivity index (χ2n) is 9.43. The Bertz CT molecular complexity index is 1370. The monoisotopic (exact) mass is 571 g/mol. The molecule has 0 atom stereocenters. The number of nitrogens with one attached hydrogen (secondary N) is 1. The number of carbonyl (C=O) groups is 1. The highest BCUT2D eigenvalue weighted by molar-refractivity contribution is 6.38. The Balaban J connectivity index is 1.31. The van der Waals surface area contributed by atoms with Crippen molar-refractivity contribution >= 4 is 58.2 Å². The van der Waals surface area contributed by atoms with E-state index in [9.17, 15) is 4.79 Å². The summed E-state index contributed by atoms with van der Waals surface area (Å²) in [7, 11) is 5.15. The number of hydrogen-bond donors (Lipinski definition) is 1. The molecule has 0 spiro atoms. The maximum atomic E-state index is 13.2. The zero-order valence-electron chi connectivity index (χ0n) is 22.2. The Hall–Kier alpha value is -3.15. The van der Waals surface area contributed by atoms with Crippen LogP contribution in [0.5, 0.6) is 0 Å². The summed E-state index contributed by atoms with van der Waals surface area (Å²) in [4.78, 5) is 32.2. The molecule has 39 heavy (non-hydrogen) atoms. The highest BCUT2D eigenvalue weighted by Gasteiger charge is 2.26. The summed E-state index contributed by atoms with van der Waals surface area (Å²) in [5.74, 6) is 1.00. The average Bonchev–Trinajstić information content (AvgIpc) is 3.30. The van der Waals surface area contributed by atoms with E-state index >= 15 is 0 Å². The lowest BCUT2D eigenvalue weighted by Gasteiger charge is -2.34. The molecule has 0 unspecified atom stereocenters. The Labute approximate surface area is 237 Å². The van der Waals surface area contributed by atoms with Crippen LogP contribution in [-0.4, -0.2) is 90.3 Å². The van der Waals surface area contributed by atoms with Crippen molar-refractivity contribution in [1.82, 2.24) is 24.3 Å². The van der Waals surface area contributed by atoms with Crippen LogP contribution in [0, 0.1) is 0 Å². The first-order valence-electron chi connectivity index (χ1n) is 12.7. The van der Waals surface area contributed by atoms with Gasteiger partial charge in [0.1, 0.15) is 5.69 Å². The van der Waals surface area contributed by atoms with Crippen LogP contribution in [0.25, 0.3) is 11.6 Å². The molecule has 4 heterocycles. The predicted octanol–water partition coefficient (Wildman–Crippen LogP) is 4.19. The van der Waals surface area contributed by atoms with Gasteiger partial charge in [0, 0.05) is 80.4 Å². The smallest absolute Gasteiger partial charge is 0.270 e. The molecular weight excluding hydrogens is 541 g/mol. The molecule has 0 bridgehead atoms. The molecular formula is C27H31Cl2N7O3. The Morgan fingerprint density at radius 1 is 1.13 bits per heavy atom. The minimum absolute atomic E-state index is 0.00441. The number of aromatic nitrogens is 3. The molecule has 2 aliphatic rings. The lowest BCUT2D eigenvalue weighted by Crippen LogP contribution is -2.49. The molecule has 1 fully saturated rings. The molecule has 5 rings (SSSR count). The predicted molar refractivity (Wildman–Crippen MR) is 154 cm³/mol. The van der Waals surface area contributed by atoms with Gasteiger partial charge in [-0.15, -0.1) is 0 Å². The summed E-state index contributed by atoms with van der Waals surface area (Å²) < 4.78 is 6.99. The maximum absolute atomic E-state index is 13.2. The fraction of sp³-hybridized carbons (Fsp3) is 0.370. The third-order valence-corrected chi connectivity index (χ3v) is 7.56. The van der Waals surface area contributed by atoms with Gasteiger partial charge in [-0.1, -0.05) is 29.3 Å². The number of fused-ring (bicyclic) bond motifs is 1. The summed E-state index contributed by atoms with van der Waals surface area (Å²) >= 11 is 12.9. The van der Waals surface area contributed by atoms with E-state index in [0.717, 1.165) is 42.0 Å². The molecule has 0 saturated carbocycles. The maximum Gasteiger partial charge on any atom is 0.270 e. The summed E-state index contributed by atoms with van der Waals surface area (Å²) in [6.07, 6.45) is 5.55. The van der Waals surface area contributed by atoms with Crippen LogP contribution in [0.2, 0.25) is 10.0 Å². The number of hydrogen-bond acceptors (Lipinski definition) is 8. The Kier molecular flexibility index (Phi) is 8.39. The molecule has 3 aromatic rings. The lowest BCUT2D eigenvalue weighted by molar-refractivity contribution is 0.0585. The van der Waals surface area contributed by atoms with E-state index in [1.165, 1.54) is 0 Å². The molecule has 206 valence electrons. The fourth-order valence-corrected chi connectivity index (χ4v) is 5.49. The van der Waals surface area contributed by atoms with Crippen molar-refractivity contribution in [3.63, 3.8) is 0 Å². The highest BCUT2D eigenvalue weighted by Crippen LogP contribution is 2.37. The summed E-state index contributed by atoms with van der Waals surface area (Å²) in [6, 6.07) is 7.25. The second kappa shape index (κ2) is 11.9. The van der Waals surface area contributed by atoms with Gasteiger partial charge in [-0.3, -0.25) is 14.5 Å². The van der Waals surface area contributed by atoms with E-state index in [0.29, 0.717) is 53.7 Å². The first-order chi connectivity index (χ1) is 18.9. The average molecular weight is 572 g/mol. The SMILES string of the molecule is COCCN1CCN(C(=O)c2cc(Nc3ncc4c(n3)N(OC)CC(c3c(Cl)cccc3Cl)=C4)cn2C)CC1. The second-order valence-corrected chi connectivity index (χ2v) is 10.2. The van der Waals surface area contributed by atoms with E-state index in [-0.39, 0.29) is 5.91 Å². The molecule has 2 aliphatic heterocycles. The van der Waals surface area contributed by atoms with Gasteiger partial charge in [-0.2, -0.15) is 4.98 Å². The van der Waals surface area contributed by atoms with Crippen molar-refractivity contribution in [2.24, 2.45) is 7.05 Å². The standard InChI is InChI=1S/C27H31Cl2N7O3/c1-33-17-20(14-23(33)26(37)35-9-7-34(8-10-35)11-12-38-2)31-27-30-15-18-13-19(16-36(39-3)25(18)32-27)24-21(28)5-4-6-22(24)29/h4-6,13-15,17H,7-12,16H2,1-3H3,(H,30,31,32). The number of anilines is 3. The van der Waals surface area contributed by atoms with Crippen LogP contribution in [0.1, 0.15) is 21.6 Å². The molecule has 10 nitrogen and oxygen atoms in total. The fourth-order valence-electron chi connectivity index (χ4n) is 4.85. The number of methoxy groups -OCH3 is 1. The van der Waals surface area contributed by atoms with Crippen molar-refractivity contribution in [2.75, 3.05) is 70.5 Å². The van der Waals surface area contributed by atoms with E-state index < -0.39 is 0 Å². The van der Waals surface area contributed by atoms with Crippen LogP contribution >= 0.6 is 23.2 Å². The van der Waals surface area contributed by atoms with E-state index in [1.807, 2.05) is 53.1 Å². The summed E-state index contributed by atoms with van der Waals surface area (Å²) in [5, 5.41) is 6.03. The third-order valence-electron chi connectivity index (χ3n) is 6.93. The first-order valence-corrected chi connectivity index (χ1v) is 13.4. The number of carbonyl (C=O) groups excluding carboxylic acids is 1. The van der Waals surface area contributed by atoms with Crippen molar-refractivity contribution in [3.05, 3.63) is 63.5 Å². The number of halogens is 2. The number of hydroxylamine groups is 1. The molecule has 2 aromatic heterocycles. The van der Waals surface area contributed by atoms with Crippen LogP contribution in [-0.2, 0) is 16.6 Å². The van der Waals surface area contributed by atoms with Crippen LogP contribution in [0.3, 0.4) is 0 Å². The van der Waals surface area contributed by atoms with Gasteiger partial charge in [0.2, 0.25) is 5.95 Å². The van der Waals surface area contributed by atoms with Gasteiger partial charge < -0.3 is 19.5 Å². The topological polar surface area (TPSA) is 88.0 Å². The zero-order chi connectivity index (χ0) is 27.5.